The minimum Gasteiger partial charge on any atom is -0.342 e. The van der Waals surface area contributed by atoms with E-state index in [2.05, 4.69) is 19.9 Å². The highest BCUT2D eigenvalue weighted by molar-refractivity contribution is 5.77. The van der Waals surface area contributed by atoms with Crippen LogP contribution in [0.2, 0.25) is 0 Å². The van der Waals surface area contributed by atoms with Crippen molar-refractivity contribution in [1.29, 1.82) is 0 Å². The molecule has 168 valence electrons. The Balaban J connectivity index is 1.49. The van der Waals surface area contributed by atoms with Gasteiger partial charge in [-0.3, -0.25) is 9.59 Å². The summed E-state index contributed by atoms with van der Waals surface area (Å²) in [5.74, 6) is 1.33. The predicted molar refractivity (Wildman–Crippen MR) is 120 cm³/mol. The van der Waals surface area contributed by atoms with Crippen molar-refractivity contribution in [2.75, 3.05) is 26.2 Å². The summed E-state index contributed by atoms with van der Waals surface area (Å²) < 4.78 is 1.93. The number of nitrogens with zero attached hydrogens (tertiary/aromatic N) is 5. The predicted octanol–water partition coefficient (Wildman–Crippen LogP) is 3.26. The van der Waals surface area contributed by atoms with Gasteiger partial charge in [0.15, 0.2) is 5.65 Å². The van der Waals surface area contributed by atoms with Gasteiger partial charge in [0.2, 0.25) is 11.8 Å². The van der Waals surface area contributed by atoms with E-state index in [-0.39, 0.29) is 17.7 Å². The first-order chi connectivity index (χ1) is 14.9. The molecule has 2 aromatic rings. The van der Waals surface area contributed by atoms with E-state index in [0.29, 0.717) is 25.2 Å². The van der Waals surface area contributed by atoms with E-state index in [0.717, 1.165) is 67.3 Å². The lowest BCUT2D eigenvalue weighted by molar-refractivity contribution is -0.133. The lowest BCUT2D eigenvalue weighted by atomic mass is 9.99. The second-order valence-corrected chi connectivity index (χ2v) is 9.37. The summed E-state index contributed by atoms with van der Waals surface area (Å²) in [7, 11) is 0. The summed E-state index contributed by atoms with van der Waals surface area (Å²) in [4.78, 5) is 33.5. The highest BCUT2D eigenvalue weighted by Crippen LogP contribution is 2.28. The van der Waals surface area contributed by atoms with Crippen LogP contribution in [0.5, 0.6) is 0 Å². The van der Waals surface area contributed by atoms with Crippen molar-refractivity contribution in [2.24, 2.45) is 5.92 Å². The van der Waals surface area contributed by atoms with Crippen molar-refractivity contribution in [3.63, 3.8) is 0 Å². The molecule has 2 aliphatic heterocycles. The molecule has 0 aromatic carbocycles. The van der Waals surface area contributed by atoms with Crippen LogP contribution in [-0.2, 0) is 16.0 Å². The van der Waals surface area contributed by atoms with Crippen LogP contribution in [0.1, 0.15) is 74.5 Å². The van der Waals surface area contributed by atoms with Crippen molar-refractivity contribution in [1.82, 2.24) is 24.4 Å². The largest absolute Gasteiger partial charge is 0.342 e. The number of amides is 2. The number of rotatable bonds is 5. The van der Waals surface area contributed by atoms with Gasteiger partial charge in [-0.05, 0) is 51.0 Å². The Morgan fingerprint density at radius 3 is 2.61 bits per heavy atom. The van der Waals surface area contributed by atoms with Crippen LogP contribution in [0.4, 0.5) is 0 Å². The molecule has 2 atom stereocenters. The van der Waals surface area contributed by atoms with E-state index in [1.54, 1.807) is 0 Å². The van der Waals surface area contributed by atoms with E-state index in [1.807, 2.05) is 28.2 Å². The molecule has 2 aliphatic rings. The summed E-state index contributed by atoms with van der Waals surface area (Å²) in [6, 6.07) is 2.06. The van der Waals surface area contributed by atoms with Gasteiger partial charge in [0.1, 0.15) is 0 Å². The molecule has 2 aromatic heterocycles. The average molecular weight is 426 g/mol. The van der Waals surface area contributed by atoms with Crippen LogP contribution < -0.4 is 0 Å². The van der Waals surface area contributed by atoms with Gasteiger partial charge in [-0.25, -0.2) is 9.50 Å². The number of hydrogen-bond donors (Lipinski definition) is 0. The molecule has 2 saturated heterocycles. The number of hydrogen-bond acceptors (Lipinski definition) is 4. The van der Waals surface area contributed by atoms with Gasteiger partial charge in [0.25, 0.3) is 0 Å². The smallest absolute Gasteiger partial charge is 0.222 e. The van der Waals surface area contributed by atoms with Crippen molar-refractivity contribution in [2.45, 2.75) is 72.1 Å². The van der Waals surface area contributed by atoms with Crippen LogP contribution in [0, 0.1) is 19.8 Å². The number of likely N-dealkylation sites (tertiary alicyclic amines) is 2. The molecule has 4 rings (SSSR count). The molecule has 7 nitrogen and oxygen atoms in total. The number of fused-ring (bicyclic) bond motifs is 1. The standard InChI is InChI=1S/C24H35N5O2/c1-5-23(30)28-12-10-19(15-28)21-13-22-25-17(3)20(18(4)29(22)26-21)8-9-24(31)27-11-6-7-16(2)14-27/h13,16,19H,5-12,14-15H2,1-4H3/t16-,19-/m0/s1. The number of carbonyl (C=O) groups is 2. The third-order valence-electron chi connectivity index (χ3n) is 7.04. The lowest BCUT2D eigenvalue weighted by Gasteiger charge is -2.31. The maximum atomic E-state index is 12.7. The summed E-state index contributed by atoms with van der Waals surface area (Å²) >= 11 is 0. The maximum absolute atomic E-state index is 12.7. The molecule has 0 saturated carbocycles. The quantitative estimate of drug-likeness (QED) is 0.737. The summed E-state index contributed by atoms with van der Waals surface area (Å²) in [6.45, 7) is 11.6. The summed E-state index contributed by atoms with van der Waals surface area (Å²) in [5.41, 5.74) is 5.02. The van der Waals surface area contributed by atoms with Gasteiger partial charge in [-0.2, -0.15) is 5.10 Å². The van der Waals surface area contributed by atoms with Gasteiger partial charge in [-0.1, -0.05) is 13.8 Å². The topological polar surface area (TPSA) is 70.8 Å². The van der Waals surface area contributed by atoms with E-state index in [9.17, 15) is 9.59 Å². The van der Waals surface area contributed by atoms with Crippen molar-refractivity contribution in [3.05, 3.63) is 28.7 Å². The molecule has 31 heavy (non-hydrogen) atoms. The summed E-state index contributed by atoms with van der Waals surface area (Å²) in [5, 5.41) is 4.86. The van der Waals surface area contributed by atoms with Gasteiger partial charge in [-0.15, -0.1) is 0 Å². The summed E-state index contributed by atoms with van der Waals surface area (Å²) in [6.07, 6.45) is 5.04. The zero-order valence-corrected chi connectivity index (χ0v) is 19.4. The Morgan fingerprint density at radius 1 is 1.10 bits per heavy atom. The van der Waals surface area contributed by atoms with Crippen molar-refractivity contribution in [3.8, 4) is 0 Å². The first kappa shape index (κ1) is 21.8. The zero-order chi connectivity index (χ0) is 22.1. The zero-order valence-electron chi connectivity index (χ0n) is 19.4. The third-order valence-corrected chi connectivity index (χ3v) is 7.04. The maximum Gasteiger partial charge on any atom is 0.222 e. The fraction of sp³-hybridized carbons (Fsp3) is 0.667. The first-order valence-corrected chi connectivity index (χ1v) is 11.8. The minimum absolute atomic E-state index is 0.214. The average Bonchev–Trinajstić information content (AvgIpc) is 3.40. The highest BCUT2D eigenvalue weighted by atomic mass is 16.2. The monoisotopic (exact) mass is 425 g/mol. The molecule has 2 amide bonds. The molecule has 0 aliphatic carbocycles. The van der Waals surface area contributed by atoms with Gasteiger partial charge in [0.05, 0.1) is 5.69 Å². The van der Waals surface area contributed by atoms with Crippen molar-refractivity contribution >= 4 is 17.5 Å². The van der Waals surface area contributed by atoms with E-state index >= 15 is 0 Å². The first-order valence-electron chi connectivity index (χ1n) is 11.8. The Kier molecular flexibility index (Phi) is 6.30. The number of piperidine rings is 1. The Morgan fingerprint density at radius 2 is 1.87 bits per heavy atom. The highest BCUT2D eigenvalue weighted by Gasteiger charge is 2.29. The number of aromatic nitrogens is 3. The van der Waals surface area contributed by atoms with Crippen LogP contribution in [0.15, 0.2) is 6.07 Å². The van der Waals surface area contributed by atoms with Gasteiger partial charge >= 0.3 is 0 Å². The molecular weight excluding hydrogens is 390 g/mol. The normalized spacial score (nSPS) is 21.8. The molecule has 7 heteroatoms. The second-order valence-electron chi connectivity index (χ2n) is 9.37. The molecule has 0 N–H and O–H groups in total. The Labute approximate surface area is 184 Å². The minimum atomic E-state index is 0.214. The Bertz CT molecular complexity index is 982. The van der Waals surface area contributed by atoms with Crippen LogP contribution >= 0.6 is 0 Å². The van der Waals surface area contributed by atoms with Crippen LogP contribution in [-0.4, -0.2) is 62.4 Å². The van der Waals surface area contributed by atoms with Gasteiger partial charge < -0.3 is 9.80 Å². The fourth-order valence-electron chi connectivity index (χ4n) is 5.16. The van der Waals surface area contributed by atoms with E-state index in [1.165, 1.54) is 6.42 Å². The molecule has 0 radical (unpaired) electrons. The fourth-order valence-corrected chi connectivity index (χ4v) is 5.16. The molecule has 0 spiro atoms. The van der Waals surface area contributed by atoms with Gasteiger partial charge in [0, 0.05) is 62.4 Å². The second kappa shape index (κ2) is 8.97. The van der Waals surface area contributed by atoms with Crippen molar-refractivity contribution < 1.29 is 9.59 Å². The number of aryl methyl sites for hydroxylation is 2. The molecule has 4 heterocycles. The van der Waals surface area contributed by atoms with E-state index in [4.69, 9.17) is 10.1 Å². The lowest BCUT2D eigenvalue weighted by Crippen LogP contribution is -2.39. The SMILES string of the molecule is CCC(=O)N1CC[C@H](c2cc3nc(C)c(CCC(=O)N4CCC[C@H](C)C4)c(C)n3n2)C1. The number of carbonyl (C=O) groups excluding carboxylic acids is 2. The molecular formula is C24H35N5O2. The molecule has 0 bridgehead atoms. The third kappa shape index (κ3) is 4.46. The Hall–Kier alpha value is -2.44. The van der Waals surface area contributed by atoms with Crippen LogP contribution in [0.3, 0.4) is 0 Å². The molecule has 0 unspecified atom stereocenters. The van der Waals surface area contributed by atoms with Crippen LogP contribution in [0.25, 0.3) is 5.65 Å². The van der Waals surface area contributed by atoms with E-state index < -0.39 is 0 Å². The molecule has 2 fully saturated rings.